The van der Waals surface area contributed by atoms with E-state index in [4.69, 9.17) is 9.47 Å². The van der Waals surface area contributed by atoms with Crippen molar-refractivity contribution in [3.05, 3.63) is 23.8 Å². The first-order chi connectivity index (χ1) is 12.5. The van der Waals surface area contributed by atoms with Crippen molar-refractivity contribution in [2.75, 3.05) is 54.0 Å². The van der Waals surface area contributed by atoms with Crippen LogP contribution in [-0.4, -0.2) is 75.7 Å². The Balaban J connectivity index is 2.07. The molecule has 1 aliphatic rings. The molecule has 146 valence electrons. The van der Waals surface area contributed by atoms with Gasteiger partial charge < -0.3 is 19.7 Å². The summed E-state index contributed by atoms with van der Waals surface area (Å²) >= 11 is 0. The van der Waals surface area contributed by atoms with Crippen LogP contribution in [0.1, 0.15) is 30.6 Å². The fourth-order valence-corrected chi connectivity index (χ4v) is 3.47. The van der Waals surface area contributed by atoms with Gasteiger partial charge in [0, 0.05) is 38.8 Å². The molecule has 1 aromatic rings. The Labute approximate surface area is 157 Å². The monoisotopic (exact) mass is 363 g/mol. The lowest BCUT2D eigenvalue weighted by Gasteiger charge is -2.38. The fourth-order valence-electron chi connectivity index (χ4n) is 3.47. The molecule has 1 heterocycles. The maximum atomic E-state index is 12.8. The van der Waals surface area contributed by atoms with Crippen LogP contribution in [0.25, 0.3) is 0 Å². The molecule has 26 heavy (non-hydrogen) atoms. The van der Waals surface area contributed by atoms with Crippen molar-refractivity contribution in [2.24, 2.45) is 5.92 Å². The molecule has 1 aliphatic heterocycles. The molecule has 0 spiro atoms. The van der Waals surface area contributed by atoms with Gasteiger partial charge in [0.1, 0.15) is 17.1 Å². The van der Waals surface area contributed by atoms with Crippen molar-refractivity contribution in [2.45, 2.75) is 26.3 Å². The second-order valence-electron chi connectivity index (χ2n) is 7.37. The number of hydrogen-bond donors (Lipinski definition) is 1. The highest BCUT2D eigenvalue weighted by molar-refractivity contribution is 5.99. The van der Waals surface area contributed by atoms with Gasteiger partial charge >= 0.3 is 0 Å². The Bertz CT molecular complexity index is 561. The van der Waals surface area contributed by atoms with Gasteiger partial charge in [0.2, 0.25) is 0 Å². The van der Waals surface area contributed by atoms with Gasteiger partial charge in [0.05, 0.1) is 14.2 Å². The standard InChI is InChI=1S/C20H33N3O3/c1-15(2)13-16(23-11-9-22(3)10-12-23)14-21-20(24)19-17(25-4)7-6-8-18(19)26-5/h6-8,15-16H,9-14H2,1-5H3,(H,21,24). The Morgan fingerprint density at radius 2 is 1.69 bits per heavy atom. The van der Waals surface area contributed by atoms with Crippen LogP contribution in [0.2, 0.25) is 0 Å². The maximum Gasteiger partial charge on any atom is 0.258 e. The van der Waals surface area contributed by atoms with Gasteiger partial charge in [-0.15, -0.1) is 0 Å². The summed E-state index contributed by atoms with van der Waals surface area (Å²) in [4.78, 5) is 17.7. The molecule has 0 aromatic heterocycles. The highest BCUT2D eigenvalue weighted by Crippen LogP contribution is 2.28. The zero-order valence-corrected chi connectivity index (χ0v) is 16.7. The number of carbonyl (C=O) groups excluding carboxylic acids is 1. The number of ether oxygens (including phenoxy) is 2. The normalized spacial score (nSPS) is 17.2. The number of hydrogen-bond acceptors (Lipinski definition) is 5. The molecule has 1 N–H and O–H groups in total. The molecule has 1 aromatic carbocycles. The van der Waals surface area contributed by atoms with Crippen LogP contribution in [0.15, 0.2) is 18.2 Å². The molecule has 6 heteroatoms. The van der Waals surface area contributed by atoms with Crippen LogP contribution in [-0.2, 0) is 0 Å². The van der Waals surface area contributed by atoms with Gasteiger partial charge in [-0.1, -0.05) is 19.9 Å². The first kappa shape index (κ1) is 20.5. The van der Waals surface area contributed by atoms with Crippen molar-refractivity contribution < 1.29 is 14.3 Å². The molecule has 1 unspecified atom stereocenters. The van der Waals surface area contributed by atoms with Gasteiger partial charge in [0.25, 0.3) is 5.91 Å². The Kier molecular flexibility index (Phi) is 7.72. The second kappa shape index (κ2) is 9.78. The molecule has 2 rings (SSSR count). The number of rotatable bonds is 8. The second-order valence-corrected chi connectivity index (χ2v) is 7.37. The third-order valence-corrected chi connectivity index (χ3v) is 4.95. The molecule has 6 nitrogen and oxygen atoms in total. The molecular formula is C20H33N3O3. The van der Waals surface area contributed by atoms with E-state index in [-0.39, 0.29) is 5.91 Å². The number of benzene rings is 1. The molecule has 1 amide bonds. The van der Waals surface area contributed by atoms with Crippen LogP contribution in [0.5, 0.6) is 11.5 Å². The third-order valence-electron chi connectivity index (χ3n) is 4.95. The van der Waals surface area contributed by atoms with Crippen molar-refractivity contribution in [3.8, 4) is 11.5 Å². The third kappa shape index (κ3) is 5.35. The van der Waals surface area contributed by atoms with Crippen LogP contribution >= 0.6 is 0 Å². The SMILES string of the molecule is COc1cccc(OC)c1C(=O)NCC(CC(C)C)N1CCN(C)CC1. The van der Waals surface area contributed by atoms with Crippen LogP contribution in [0, 0.1) is 5.92 Å². The Morgan fingerprint density at radius 1 is 1.12 bits per heavy atom. The summed E-state index contributed by atoms with van der Waals surface area (Å²) in [6, 6.07) is 5.72. The topological polar surface area (TPSA) is 54.0 Å². The summed E-state index contributed by atoms with van der Waals surface area (Å²) < 4.78 is 10.7. The number of likely N-dealkylation sites (N-methyl/N-ethyl adjacent to an activating group) is 1. The minimum Gasteiger partial charge on any atom is -0.496 e. The predicted molar refractivity (Wildman–Crippen MR) is 104 cm³/mol. The zero-order valence-electron chi connectivity index (χ0n) is 16.7. The summed E-state index contributed by atoms with van der Waals surface area (Å²) in [7, 11) is 5.29. The minimum atomic E-state index is -0.151. The summed E-state index contributed by atoms with van der Waals surface area (Å²) in [5, 5.41) is 3.11. The van der Waals surface area contributed by atoms with E-state index in [9.17, 15) is 4.79 Å². The molecule has 1 atom stereocenters. The van der Waals surface area contributed by atoms with Crippen molar-refractivity contribution in [1.82, 2.24) is 15.1 Å². The lowest BCUT2D eigenvalue weighted by Crippen LogP contribution is -2.52. The van der Waals surface area contributed by atoms with Gasteiger partial charge in [-0.05, 0) is 31.5 Å². The molecule has 0 radical (unpaired) electrons. The van der Waals surface area contributed by atoms with E-state index in [1.165, 1.54) is 0 Å². The van der Waals surface area contributed by atoms with E-state index in [0.29, 0.717) is 35.6 Å². The van der Waals surface area contributed by atoms with Crippen molar-refractivity contribution in [3.63, 3.8) is 0 Å². The number of amides is 1. The molecular weight excluding hydrogens is 330 g/mol. The quantitative estimate of drug-likeness (QED) is 0.767. The zero-order chi connectivity index (χ0) is 19.1. The number of nitrogens with zero attached hydrogens (tertiary/aromatic N) is 2. The first-order valence-corrected chi connectivity index (χ1v) is 9.38. The maximum absolute atomic E-state index is 12.8. The Morgan fingerprint density at radius 3 is 2.19 bits per heavy atom. The van der Waals surface area contributed by atoms with E-state index < -0.39 is 0 Å². The summed E-state index contributed by atoms with van der Waals surface area (Å²) in [6.45, 7) is 9.32. The smallest absolute Gasteiger partial charge is 0.258 e. The fraction of sp³-hybridized carbons (Fsp3) is 0.650. The summed E-state index contributed by atoms with van der Waals surface area (Å²) in [6.07, 6.45) is 1.06. The minimum absolute atomic E-state index is 0.151. The van der Waals surface area contributed by atoms with Gasteiger partial charge in [-0.2, -0.15) is 0 Å². The van der Waals surface area contributed by atoms with Gasteiger partial charge in [-0.3, -0.25) is 9.69 Å². The van der Waals surface area contributed by atoms with E-state index in [1.807, 2.05) is 6.07 Å². The first-order valence-electron chi connectivity index (χ1n) is 9.38. The molecule has 0 saturated carbocycles. The largest absolute Gasteiger partial charge is 0.496 e. The van der Waals surface area contributed by atoms with E-state index in [1.54, 1.807) is 26.4 Å². The van der Waals surface area contributed by atoms with Crippen molar-refractivity contribution in [1.29, 1.82) is 0 Å². The summed E-state index contributed by atoms with van der Waals surface area (Å²) in [5.41, 5.74) is 0.458. The van der Waals surface area contributed by atoms with E-state index >= 15 is 0 Å². The lowest BCUT2D eigenvalue weighted by atomic mass is 10.0. The number of piperazine rings is 1. The summed E-state index contributed by atoms with van der Waals surface area (Å²) in [5.74, 6) is 1.49. The average Bonchev–Trinajstić information content (AvgIpc) is 2.64. The average molecular weight is 364 g/mol. The lowest BCUT2D eigenvalue weighted by molar-refractivity contribution is 0.0846. The number of carbonyl (C=O) groups is 1. The van der Waals surface area contributed by atoms with Crippen LogP contribution < -0.4 is 14.8 Å². The number of methoxy groups -OCH3 is 2. The van der Waals surface area contributed by atoms with Gasteiger partial charge in [-0.25, -0.2) is 0 Å². The molecule has 1 saturated heterocycles. The highest BCUT2D eigenvalue weighted by atomic mass is 16.5. The molecule has 1 fully saturated rings. The molecule has 0 aliphatic carbocycles. The molecule has 0 bridgehead atoms. The van der Waals surface area contributed by atoms with E-state index in [0.717, 1.165) is 32.6 Å². The van der Waals surface area contributed by atoms with Crippen molar-refractivity contribution >= 4 is 5.91 Å². The predicted octanol–water partition coefficient (Wildman–Crippen LogP) is 2.10. The number of nitrogens with one attached hydrogen (secondary N) is 1. The van der Waals surface area contributed by atoms with E-state index in [2.05, 4.69) is 36.0 Å². The Hall–Kier alpha value is -1.79. The van der Waals surface area contributed by atoms with Gasteiger partial charge in [0.15, 0.2) is 0 Å². The van der Waals surface area contributed by atoms with Crippen LogP contribution in [0.4, 0.5) is 0 Å². The van der Waals surface area contributed by atoms with Crippen LogP contribution in [0.3, 0.4) is 0 Å². The highest BCUT2D eigenvalue weighted by Gasteiger charge is 2.25.